The topological polar surface area (TPSA) is 0 Å². The summed E-state index contributed by atoms with van der Waals surface area (Å²) in [5, 5.41) is 0. The number of hydrogen-bond acceptors (Lipinski definition) is 0. The number of hydrogen-bond donors (Lipinski definition) is 0. The normalized spacial score (nSPS) is 12.0. The second-order valence-electron chi connectivity index (χ2n) is 1.18. The summed E-state index contributed by atoms with van der Waals surface area (Å²) in [5.41, 5.74) is 0. The molecule has 0 amide bonds. The van der Waals surface area contributed by atoms with Gasteiger partial charge >= 0.3 is 0 Å². The molecule has 0 saturated heterocycles. The Balaban J connectivity index is 2.63. The predicted molar refractivity (Wildman–Crippen MR) is 37.9 cm³/mol. The Morgan fingerprint density at radius 1 is 1.67 bits per heavy atom. The molecular weight excluding hydrogens is 151 g/mol. The molecule has 0 fully saturated rings. The molecule has 4 heteroatoms. The van der Waals surface area contributed by atoms with E-state index in [9.17, 15) is 0 Å². The summed E-state index contributed by atoms with van der Waals surface area (Å²) in [6.07, 6.45) is 0. The second-order valence-corrected chi connectivity index (χ2v) is 14.7. The summed E-state index contributed by atoms with van der Waals surface area (Å²) in [6, 6.07) is 1.27. The maximum absolute atomic E-state index is 5.54. The summed E-state index contributed by atoms with van der Waals surface area (Å²) in [4.78, 5) is 0. The third kappa shape index (κ3) is 5.01. The molecule has 0 saturated carbocycles. The summed E-state index contributed by atoms with van der Waals surface area (Å²) in [7, 11) is 0.0262. The van der Waals surface area contributed by atoms with Crippen molar-refractivity contribution in [2.45, 2.75) is 13.0 Å². The quantitative estimate of drug-likeness (QED) is 0.412. The van der Waals surface area contributed by atoms with Gasteiger partial charge in [0, 0.05) is 9.04 Å². The van der Waals surface area contributed by atoms with Gasteiger partial charge in [0.05, 0.1) is 0 Å². The zero-order valence-electron chi connectivity index (χ0n) is 3.75. The van der Waals surface area contributed by atoms with Crippen LogP contribution in [0.4, 0.5) is 0 Å². The smallest absolute Gasteiger partial charge is 0.155 e. The van der Waals surface area contributed by atoms with Crippen molar-refractivity contribution in [3.8, 4) is 0 Å². The lowest BCUT2D eigenvalue weighted by Crippen LogP contribution is -2.03. The first-order chi connectivity index (χ1) is 2.77. The van der Waals surface area contributed by atoms with Crippen LogP contribution >= 0.6 is 22.2 Å². The fourth-order valence-electron chi connectivity index (χ4n) is 0.218. The van der Waals surface area contributed by atoms with Crippen molar-refractivity contribution < 1.29 is 0 Å². The average molecular weight is 159 g/mol. The van der Waals surface area contributed by atoms with E-state index in [1.165, 1.54) is 6.04 Å². The van der Waals surface area contributed by atoms with Gasteiger partial charge in [0.25, 0.3) is 0 Å². The molecule has 0 heterocycles. The van der Waals surface area contributed by atoms with Crippen LogP contribution in [0.1, 0.15) is 6.92 Å². The standard InChI is InChI=1S/C2H8Cl2Si2/c1-2-5-6(3)4/h6H,2,5H2,1H3. The van der Waals surface area contributed by atoms with E-state index in [1.54, 1.807) is 0 Å². The SMILES string of the molecule is CC[SiH2][SiH](Cl)Cl. The number of halogens is 2. The molecule has 0 aliphatic rings. The Labute approximate surface area is 51.5 Å². The van der Waals surface area contributed by atoms with Gasteiger partial charge in [0.1, 0.15) is 0 Å². The highest BCUT2D eigenvalue weighted by Crippen LogP contribution is 1.93. The Hall–Kier alpha value is 1.01. The van der Waals surface area contributed by atoms with Gasteiger partial charge in [-0.15, -0.1) is 0 Å². The summed E-state index contributed by atoms with van der Waals surface area (Å²) in [5.74, 6) is 0. The second kappa shape index (κ2) is 4.18. The van der Waals surface area contributed by atoms with Crippen molar-refractivity contribution in [2.75, 3.05) is 0 Å². The maximum atomic E-state index is 5.54. The molecular formula is C2H8Cl2Si2. The largest absolute Gasteiger partial charge is 0.218 e. The van der Waals surface area contributed by atoms with Gasteiger partial charge < -0.3 is 0 Å². The van der Waals surface area contributed by atoms with Crippen LogP contribution in [-0.2, 0) is 0 Å². The van der Waals surface area contributed by atoms with E-state index in [0.717, 1.165) is 0 Å². The lowest BCUT2D eigenvalue weighted by molar-refractivity contribution is 1.47. The molecule has 0 aromatic carbocycles. The molecule has 0 nitrogen and oxygen atoms in total. The highest BCUT2D eigenvalue weighted by molar-refractivity contribution is 7.56. The number of rotatable bonds is 2. The van der Waals surface area contributed by atoms with E-state index >= 15 is 0 Å². The predicted octanol–water partition coefficient (Wildman–Crippen LogP) is 0.788. The molecule has 0 radical (unpaired) electrons. The first kappa shape index (κ1) is 7.01. The fourth-order valence-corrected chi connectivity index (χ4v) is 5.89. The summed E-state index contributed by atoms with van der Waals surface area (Å²) < 4.78 is 0. The van der Waals surface area contributed by atoms with Crippen LogP contribution in [0.15, 0.2) is 0 Å². The van der Waals surface area contributed by atoms with Gasteiger partial charge in [0.2, 0.25) is 6.93 Å². The molecule has 0 N–H and O–H groups in total. The Morgan fingerprint density at radius 3 is 2.17 bits per heavy atom. The van der Waals surface area contributed by atoms with E-state index in [1.807, 2.05) is 0 Å². The fraction of sp³-hybridized carbons (Fsp3) is 1.00. The Morgan fingerprint density at radius 2 is 2.17 bits per heavy atom. The van der Waals surface area contributed by atoms with Gasteiger partial charge in [-0.2, -0.15) is 22.2 Å². The molecule has 0 aliphatic carbocycles. The first-order valence-corrected chi connectivity index (χ1v) is 9.81. The monoisotopic (exact) mass is 158 g/mol. The van der Waals surface area contributed by atoms with Gasteiger partial charge in [-0.05, 0) is 0 Å². The zero-order chi connectivity index (χ0) is 4.99. The van der Waals surface area contributed by atoms with E-state index in [-0.39, 0.29) is 9.04 Å². The molecule has 0 aromatic rings. The maximum Gasteiger partial charge on any atom is 0.218 e. The molecule has 38 valence electrons. The van der Waals surface area contributed by atoms with Crippen molar-refractivity contribution in [1.82, 2.24) is 0 Å². The van der Waals surface area contributed by atoms with Crippen LogP contribution in [0.3, 0.4) is 0 Å². The Kier molecular flexibility index (Phi) is 4.89. The van der Waals surface area contributed by atoms with Gasteiger partial charge in [-0.25, -0.2) is 0 Å². The van der Waals surface area contributed by atoms with E-state index in [2.05, 4.69) is 6.92 Å². The van der Waals surface area contributed by atoms with Crippen molar-refractivity contribution in [3.05, 3.63) is 0 Å². The van der Waals surface area contributed by atoms with Crippen molar-refractivity contribution >= 4 is 38.1 Å². The average Bonchev–Trinajstić information content (AvgIpc) is 1.35. The highest BCUT2D eigenvalue weighted by atomic mass is 35.7. The minimum Gasteiger partial charge on any atom is -0.155 e. The molecule has 0 bridgehead atoms. The third-order valence-electron chi connectivity index (χ3n) is 0.507. The van der Waals surface area contributed by atoms with Gasteiger partial charge in [0.15, 0.2) is 0 Å². The zero-order valence-corrected chi connectivity index (χ0v) is 7.83. The van der Waals surface area contributed by atoms with Crippen molar-refractivity contribution in [1.29, 1.82) is 0 Å². The summed E-state index contributed by atoms with van der Waals surface area (Å²) >= 11 is 11.1. The molecule has 0 aromatic heterocycles. The molecule has 0 spiro atoms. The van der Waals surface area contributed by atoms with Crippen LogP contribution in [0.2, 0.25) is 6.04 Å². The van der Waals surface area contributed by atoms with Crippen molar-refractivity contribution in [2.24, 2.45) is 0 Å². The van der Waals surface area contributed by atoms with Gasteiger partial charge in [-0.3, -0.25) is 0 Å². The van der Waals surface area contributed by atoms with Crippen molar-refractivity contribution in [3.63, 3.8) is 0 Å². The van der Waals surface area contributed by atoms with Crippen LogP contribution in [-0.4, -0.2) is 16.0 Å². The Bertz CT molecular complexity index is 30.7. The van der Waals surface area contributed by atoms with E-state index in [0.29, 0.717) is 0 Å². The summed E-state index contributed by atoms with van der Waals surface area (Å²) in [6.45, 7) is 1.06. The van der Waals surface area contributed by atoms with Crippen LogP contribution in [0.25, 0.3) is 0 Å². The first-order valence-electron chi connectivity index (χ1n) is 2.05. The molecule has 0 unspecified atom stereocenters. The molecule has 0 aliphatic heterocycles. The molecule has 6 heavy (non-hydrogen) atoms. The molecule has 0 rings (SSSR count). The van der Waals surface area contributed by atoms with Gasteiger partial charge in [-0.1, -0.05) is 13.0 Å². The minimum absolute atomic E-state index is 0.0262. The highest BCUT2D eigenvalue weighted by Gasteiger charge is 1.96. The third-order valence-corrected chi connectivity index (χ3v) is 8.49. The van der Waals surface area contributed by atoms with Crippen LogP contribution < -0.4 is 0 Å². The van der Waals surface area contributed by atoms with Crippen LogP contribution in [0.5, 0.6) is 0 Å². The minimum atomic E-state index is -1.09. The van der Waals surface area contributed by atoms with E-state index in [4.69, 9.17) is 22.2 Å². The lowest BCUT2D eigenvalue weighted by Gasteiger charge is -1.86. The van der Waals surface area contributed by atoms with Crippen LogP contribution in [0, 0.1) is 0 Å². The lowest BCUT2D eigenvalue weighted by atomic mass is 11.0. The molecule has 0 atom stereocenters. The van der Waals surface area contributed by atoms with E-state index < -0.39 is 6.93 Å².